The predicted octanol–water partition coefficient (Wildman–Crippen LogP) is -1.63. The molecule has 0 aromatic rings. The summed E-state index contributed by atoms with van der Waals surface area (Å²) >= 11 is 0. The van der Waals surface area contributed by atoms with Gasteiger partial charge in [-0.15, -0.1) is 0 Å². The monoisotopic (exact) mass is 402 g/mol. The van der Waals surface area contributed by atoms with Crippen molar-refractivity contribution in [2.75, 3.05) is 59.0 Å². The zero-order valence-corrected chi connectivity index (χ0v) is 15.4. The Morgan fingerprint density at radius 3 is 1.64 bits per heavy atom. The number of hydrogen-bond donors (Lipinski definition) is 4. The minimum atomic E-state index is -1.12. The first-order chi connectivity index (χ1) is 13.2. The third-order valence-corrected chi connectivity index (χ3v) is 3.92. The number of carbonyl (C=O) groups is 4. The summed E-state index contributed by atoms with van der Waals surface area (Å²) in [7, 11) is 0. The SMILES string of the molecule is O=C(O)CN1/C=C\N(CC(=O)O)CN(CC(=O)O)CCN(CC(=O)O)CCC1. The molecule has 0 spiro atoms. The fourth-order valence-electron chi connectivity index (χ4n) is 2.78. The highest BCUT2D eigenvalue weighted by Gasteiger charge is 2.18. The van der Waals surface area contributed by atoms with Gasteiger partial charge in [0, 0.05) is 38.6 Å². The van der Waals surface area contributed by atoms with Gasteiger partial charge in [-0.3, -0.25) is 29.0 Å². The number of carboxylic acid groups (broad SMARTS) is 4. The van der Waals surface area contributed by atoms with Crippen LogP contribution in [0.1, 0.15) is 6.42 Å². The molecule has 0 amide bonds. The van der Waals surface area contributed by atoms with Gasteiger partial charge < -0.3 is 30.2 Å². The number of hydrogen-bond acceptors (Lipinski definition) is 8. The van der Waals surface area contributed by atoms with Gasteiger partial charge in [0.1, 0.15) is 13.1 Å². The minimum Gasteiger partial charge on any atom is -0.480 e. The van der Waals surface area contributed by atoms with Crippen molar-refractivity contribution in [1.29, 1.82) is 0 Å². The van der Waals surface area contributed by atoms with Crippen LogP contribution in [0.15, 0.2) is 12.4 Å². The van der Waals surface area contributed by atoms with Crippen molar-refractivity contribution < 1.29 is 39.6 Å². The molecule has 0 aromatic heterocycles. The van der Waals surface area contributed by atoms with E-state index in [9.17, 15) is 19.2 Å². The molecule has 0 saturated carbocycles. The van der Waals surface area contributed by atoms with Gasteiger partial charge in [-0.1, -0.05) is 0 Å². The molecular formula is C16H26N4O8. The lowest BCUT2D eigenvalue weighted by Crippen LogP contribution is -2.45. The Morgan fingerprint density at radius 2 is 1.07 bits per heavy atom. The van der Waals surface area contributed by atoms with E-state index in [1.54, 1.807) is 4.90 Å². The van der Waals surface area contributed by atoms with Crippen molar-refractivity contribution >= 4 is 23.9 Å². The van der Waals surface area contributed by atoms with Crippen LogP contribution in [0.5, 0.6) is 0 Å². The lowest BCUT2D eigenvalue weighted by Gasteiger charge is -2.31. The van der Waals surface area contributed by atoms with Gasteiger partial charge in [-0.05, 0) is 6.42 Å². The number of carboxylic acids is 4. The van der Waals surface area contributed by atoms with Crippen LogP contribution < -0.4 is 0 Å². The molecule has 0 aromatic carbocycles. The van der Waals surface area contributed by atoms with Gasteiger partial charge in [0.05, 0.1) is 19.8 Å². The van der Waals surface area contributed by atoms with Crippen molar-refractivity contribution in [3.8, 4) is 0 Å². The molecule has 12 heteroatoms. The maximum absolute atomic E-state index is 11.1. The summed E-state index contributed by atoms with van der Waals surface area (Å²) in [6, 6.07) is 0. The lowest BCUT2D eigenvalue weighted by molar-refractivity contribution is -0.141. The van der Waals surface area contributed by atoms with Crippen LogP contribution in [0, 0.1) is 0 Å². The standard InChI is InChI=1S/C16H26N4O8/c21-13(22)8-17-2-1-3-18(9-14(23)24)5-7-20(11-16(27)28)12-19(6-4-17)10-15(25)26/h4,6H,1-3,5,7-12H2,(H,21,22)(H,23,24)(H,25,26)(H,27,28)/b6-4-. The zero-order chi connectivity index (χ0) is 21.1. The summed E-state index contributed by atoms with van der Waals surface area (Å²) in [6.07, 6.45) is 3.38. The van der Waals surface area contributed by atoms with E-state index in [0.29, 0.717) is 19.5 Å². The van der Waals surface area contributed by atoms with Crippen LogP contribution in [-0.2, 0) is 19.2 Å². The normalized spacial score (nSPS) is 18.7. The maximum Gasteiger partial charge on any atom is 0.323 e. The molecule has 1 aliphatic heterocycles. The van der Waals surface area contributed by atoms with Crippen molar-refractivity contribution in [3.63, 3.8) is 0 Å². The second-order valence-corrected chi connectivity index (χ2v) is 6.41. The second kappa shape index (κ2) is 11.8. The molecule has 12 nitrogen and oxygen atoms in total. The quantitative estimate of drug-likeness (QED) is 0.367. The average Bonchev–Trinajstić information content (AvgIpc) is 2.53. The van der Waals surface area contributed by atoms with E-state index in [1.165, 1.54) is 27.1 Å². The van der Waals surface area contributed by atoms with Gasteiger partial charge in [-0.25, -0.2) is 0 Å². The Morgan fingerprint density at radius 1 is 0.607 bits per heavy atom. The molecule has 0 saturated heterocycles. The molecule has 0 atom stereocenters. The zero-order valence-electron chi connectivity index (χ0n) is 15.4. The highest BCUT2D eigenvalue weighted by atomic mass is 16.4. The van der Waals surface area contributed by atoms with Gasteiger partial charge in [0.25, 0.3) is 0 Å². The number of nitrogens with zero attached hydrogens (tertiary/aromatic N) is 4. The first-order valence-corrected chi connectivity index (χ1v) is 8.64. The fourth-order valence-corrected chi connectivity index (χ4v) is 2.78. The van der Waals surface area contributed by atoms with E-state index >= 15 is 0 Å². The molecule has 0 aliphatic carbocycles. The minimum absolute atomic E-state index is 0.0169. The second-order valence-electron chi connectivity index (χ2n) is 6.41. The first-order valence-electron chi connectivity index (χ1n) is 8.64. The molecule has 0 unspecified atom stereocenters. The van der Waals surface area contributed by atoms with Crippen LogP contribution >= 0.6 is 0 Å². The molecule has 1 heterocycles. The third kappa shape index (κ3) is 10.3. The molecule has 0 bridgehead atoms. The Labute approximate surface area is 161 Å². The van der Waals surface area contributed by atoms with Crippen LogP contribution in [0.25, 0.3) is 0 Å². The van der Waals surface area contributed by atoms with E-state index in [4.69, 9.17) is 20.4 Å². The smallest absolute Gasteiger partial charge is 0.323 e. The van der Waals surface area contributed by atoms with E-state index in [2.05, 4.69) is 0 Å². The third-order valence-electron chi connectivity index (χ3n) is 3.92. The summed E-state index contributed by atoms with van der Waals surface area (Å²) in [5.41, 5.74) is 0. The molecule has 1 aliphatic rings. The van der Waals surface area contributed by atoms with E-state index in [0.717, 1.165) is 0 Å². The summed E-state index contributed by atoms with van der Waals surface area (Å²) in [6.45, 7) is -0.0170. The van der Waals surface area contributed by atoms with Crippen molar-refractivity contribution in [1.82, 2.24) is 19.6 Å². The fraction of sp³-hybridized carbons (Fsp3) is 0.625. The van der Waals surface area contributed by atoms with E-state index in [1.807, 2.05) is 0 Å². The van der Waals surface area contributed by atoms with Crippen LogP contribution in [0.4, 0.5) is 0 Å². The van der Waals surface area contributed by atoms with Gasteiger partial charge in [0.15, 0.2) is 0 Å². The van der Waals surface area contributed by atoms with Gasteiger partial charge in [-0.2, -0.15) is 0 Å². The molecular weight excluding hydrogens is 376 g/mol. The van der Waals surface area contributed by atoms with Crippen molar-refractivity contribution in [2.45, 2.75) is 6.42 Å². The topological polar surface area (TPSA) is 162 Å². The summed E-state index contributed by atoms with van der Waals surface area (Å²) in [5, 5.41) is 36.3. The van der Waals surface area contributed by atoms with E-state index < -0.39 is 30.4 Å². The van der Waals surface area contributed by atoms with Crippen LogP contribution in [0.3, 0.4) is 0 Å². The summed E-state index contributed by atoms with van der Waals surface area (Å²) < 4.78 is 0. The van der Waals surface area contributed by atoms with Gasteiger partial charge in [0.2, 0.25) is 0 Å². The Balaban J connectivity index is 3.04. The van der Waals surface area contributed by atoms with Crippen LogP contribution in [-0.4, -0.2) is 123 Å². The Kier molecular flexibility index (Phi) is 9.74. The van der Waals surface area contributed by atoms with Crippen molar-refractivity contribution in [3.05, 3.63) is 12.4 Å². The molecule has 0 fully saturated rings. The molecule has 28 heavy (non-hydrogen) atoms. The van der Waals surface area contributed by atoms with Crippen molar-refractivity contribution in [2.24, 2.45) is 0 Å². The average molecular weight is 402 g/mol. The molecule has 0 radical (unpaired) electrons. The number of rotatable bonds is 8. The highest BCUT2D eigenvalue weighted by molar-refractivity contribution is 5.70. The summed E-state index contributed by atoms with van der Waals surface area (Å²) in [5.74, 6) is -4.30. The van der Waals surface area contributed by atoms with E-state index in [-0.39, 0.29) is 39.4 Å². The maximum atomic E-state index is 11.1. The van der Waals surface area contributed by atoms with Crippen LogP contribution in [0.2, 0.25) is 0 Å². The lowest BCUT2D eigenvalue weighted by atomic mass is 10.3. The van der Waals surface area contributed by atoms with Gasteiger partial charge >= 0.3 is 23.9 Å². The first kappa shape index (κ1) is 23.2. The predicted molar refractivity (Wildman–Crippen MR) is 95.5 cm³/mol. The Hall–Kier alpha value is -2.86. The molecule has 4 N–H and O–H groups in total. The highest BCUT2D eigenvalue weighted by Crippen LogP contribution is 2.04. The Bertz CT molecular complexity index is 597. The largest absolute Gasteiger partial charge is 0.480 e. The molecule has 158 valence electrons. The number of aliphatic carboxylic acids is 4. The molecule has 1 rings (SSSR count). The summed E-state index contributed by atoms with van der Waals surface area (Å²) in [4.78, 5) is 50.3.